The predicted molar refractivity (Wildman–Crippen MR) is 66.3 cm³/mol. The molecule has 0 aliphatic heterocycles. The lowest BCUT2D eigenvalue weighted by Crippen LogP contribution is -2.21. The molecule has 0 aromatic heterocycles. The van der Waals surface area contributed by atoms with E-state index in [-0.39, 0.29) is 11.3 Å². The lowest BCUT2D eigenvalue weighted by atomic mass is 10.1. The highest BCUT2D eigenvalue weighted by atomic mass is 19.4. The Morgan fingerprint density at radius 2 is 1.95 bits per heavy atom. The first-order valence-electron chi connectivity index (χ1n) is 5.74. The topological polar surface area (TPSA) is 72.6 Å². The van der Waals surface area contributed by atoms with E-state index in [0.717, 1.165) is 0 Å². The first-order valence-corrected chi connectivity index (χ1v) is 5.74. The highest BCUT2D eigenvalue weighted by molar-refractivity contribution is 5.99. The lowest BCUT2D eigenvalue weighted by molar-refractivity contribution is -0.165. The fourth-order valence-corrected chi connectivity index (χ4v) is 1.40. The second-order valence-electron chi connectivity index (χ2n) is 3.89. The molecule has 1 aromatic carbocycles. The van der Waals surface area contributed by atoms with E-state index in [1.165, 1.54) is 24.3 Å². The van der Waals surface area contributed by atoms with E-state index in [4.69, 9.17) is 10.5 Å². The van der Waals surface area contributed by atoms with E-state index in [2.05, 4.69) is 0 Å². The van der Waals surface area contributed by atoms with Gasteiger partial charge in [-0.2, -0.15) is 13.2 Å². The van der Waals surface area contributed by atoms with Crippen molar-refractivity contribution < 1.29 is 27.8 Å². The molecule has 0 amide bonds. The van der Waals surface area contributed by atoms with Crippen LogP contribution in [-0.4, -0.2) is 23.7 Å². The van der Waals surface area contributed by atoms with Crippen molar-refractivity contribution in [3.63, 3.8) is 0 Å². The summed E-state index contributed by atoms with van der Waals surface area (Å²) in [6.07, 6.45) is -5.74. The van der Waals surface area contributed by atoms with Gasteiger partial charge in [0.2, 0.25) is 0 Å². The fourth-order valence-electron chi connectivity index (χ4n) is 1.40. The minimum absolute atomic E-state index is 0.245. The quantitative estimate of drug-likeness (QED) is 0.643. The number of benzene rings is 1. The second-order valence-corrected chi connectivity index (χ2v) is 3.89. The summed E-state index contributed by atoms with van der Waals surface area (Å²) >= 11 is 0. The highest BCUT2D eigenvalue weighted by Crippen LogP contribution is 2.20. The van der Waals surface area contributed by atoms with Gasteiger partial charge in [-0.3, -0.25) is 4.79 Å². The molecular weight excluding hydrogens is 275 g/mol. The van der Waals surface area contributed by atoms with E-state index < -0.39 is 18.2 Å². The van der Waals surface area contributed by atoms with Crippen LogP contribution in [0, 0.1) is 0 Å². The van der Waals surface area contributed by atoms with Crippen LogP contribution < -0.4 is 5.73 Å². The average Bonchev–Trinajstić information content (AvgIpc) is 2.38. The zero-order chi connectivity index (χ0) is 15.3. The maximum absolute atomic E-state index is 12.1. The van der Waals surface area contributed by atoms with E-state index >= 15 is 0 Å². The third-order valence-electron chi connectivity index (χ3n) is 2.42. The van der Waals surface area contributed by atoms with Crippen LogP contribution in [0.5, 0.6) is 0 Å². The lowest BCUT2D eigenvalue weighted by Gasteiger charge is -2.11. The Morgan fingerprint density at radius 1 is 1.40 bits per heavy atom. The molecule has 1 aromatic rings. The second kappa shape index (κ2) is 6.53. The van der Waals surface area contributed by atoms with Gasteiger partial charge in [-0.25, -0.2) is 0 Å². The number of alkyl halides is 3. The van der Waals surface area contributed by atoms with Crippen LogP contribution >= 0.6 is 0 Å². The van der Waals surface area contributed by atoms with Crippen molar-refractivity contribution in [1.29, 1.82) is 0 Å². The summed E-state index contributed by atoms with van der Waals surface area (Å²) in [5.41, 5.74) is 5.80. The SMILES string of the molecule is CCOC(O)c1ccc(C(N)=CC(=O)C(F)(F)F)cc1. The van der Waals surface area contributed by atoms with Crippen molar-refractivity contribution in [2.75, 3.05) is 6.61 Å². The molecule has 1 rings (SSSR count). The fraction of sp³-hybridized carbons (Fsp3) is 0.308. The molecule has 0 radical (unpaired) electrons. The number of allylic oxidation sites excluding steroid dienone is 1. The monoisotopic (exact) mass is 289 g/mol. The Kier molecular flexibility index (Phi) is 5.29. The molecule has 0 bridgehead atoms. The van der Waals surface area contributed by atoms with Gasteiger partial charge in [0.1, 0.15) is 0 Å². The van der Waals surface area contributed by atoms with Crippen LogP contribution in [0.4, 0.5) is 13.2 Å². The summed E-state index contributed by atoms with van der Waals surface area (Å²) in [4.78, 5) is 10.8. The zero-order valence-corrected chi connectivity index (χ0v) is 10.6. The maximum atomic E-state index is 12.1. The average molecular weight is 289 g/mol. The number of nitrogens with two attached hydrogens (primary N) is 1. The number of carbonyl (C=O) groups is 1. The van der Waals surface area contributed by atoms with Gasteiger partial charge < -0.3 is 15.6 Å². The molecule has 0 fully saturated rings. The van der Waals surface area contributed by atoms with Gasteiger partial charge in [0.15, 0.2) is 6.29 Å². The number of carbonyl (C=O) groups excluding carboxylic acids is 1. The van der Waals surface area contributed by atoms with Gasteiger partial charge in [0, 0.05) is 23.9 Å². The van der Waals surface area contributed by atoms with Gasteiger partial charge >= 0.3 is 6.18 Å². The third kappa shape index (κ3) is 4.36. The summed E-state index contributed by atoms with van der Waals surface area (Å²) in [5, 5.41) is 9.53. The number of hydrogen-bond donors (Lipinski definition) is 2. The molecular formula is C13H14F3NO3. The first-order chi connectivity index (χ1) is 9.25. The Labute approximate surface area is 113 Å². The number of rotatable bonds is 5. The molecule has 4 nitrogen and oxygen atoms in total. The molecule has 0 aliphatic rings. The van der Waals surface area contributed by atoms with E-state index in [1.54, 1.807) is 6.92 Å². The van der Waals surface area contributed by atoms with Crippen molar-refractivity contribution in [3.8, 4) is 0 Å². The molecule has 1 unspecified atom stereocenters. The van der Waals surface area contributed by atoms with Crippen LogP contribution in [0.1, 0.15) is 24.3 Å². The van der Waals surface area contributed by atoms with Crippen molar-refractivity contribution in [1.82, 2.24) is 0 Å². The van der Waals surface area contributed by atoms with E-state index in [1.807, 2.05) is 0 Å². The van der Waals surface area contributed by atoms with Crippen molar-refractivity contribution in [2.45, 2.75) is 19.4 Å². The zero-order valence-electron chi connectivity index (χ0n) is 10.6. The molecule has 0 saturated heterocycles. The van der Waals surface area contributed by atoms with Crippen LogP contribution in [-0.2, 0) is 9.53 Å². The normalized spacial score (nSPS) is 14.2. The van der Waals surface area contributed by atoms with Crippen molar-refractivity contribution in [2.24, 2.45) is 5.73 Å². The van der Waals surface area contributed by atoms with E-state index in [0.29, 0.717) is 18.2 Å². The van der Waals surface area contributed by atoms with Crippen LogP contribution in [0.2, 0.25) is 0 Å². The summed E-state index contributed by atoms with van der Waals surface area (Å²) in [5.74, 6) is -2.02. The summed E-state index contributed by atoms with van der Waals surface area (Å²) < 4.78 is 41.2. The third-order valence-corrected chi connectivity index (χ3v) is 2.42. The van der Waals surface area contributed by atoms with Gasteiger partial charge in [0.25, 0.3) is 5.78 Å². The van der Waals surface area contributed by atoms with Gasteiger partial charge in [-0.15, -0.1) is 0 Å². The number of ketones is 1. The predicted octanol–water partition coefficient (Wildman–Crippen LogP) is 2.15. The minimum Gasteiger partial charge on any atom is -0.398 e. The molecule has 7 heteroatoms. The largest absolute Gasteiger partial charge is 0.454 e. The van der Waals surface area contributed by atoms with Crippen molar-refractivity contribution >= 4 is 11.5 Å². The maximum Gasteiger partial charge on any atom is 0.454 e. The first kappa shape index (κ1) is 16.2. The number of aliphatic hydroxyl groups excluding tert-OH is 1. The molecule has 110 valence electrons. The van der Waals surface area contributed by atoms with Gasteiger partial charge in [-0.05, 0) is 12.5 Å². The van der Waals surface area contributed by atoms with Crippen LogP contribution in [0.25, 0.3) is 5.70 Å². The van der Waals surface area contributed by atoms with Gasteiger partial charge in [0.05, 0.1) is 0 Å². The molecule has 20 heavy (non-hydrogen) atoms. The van der Waals surface area contributed by atoms with E-state index in [9.17, 15) is 23.1 Å². The molecule has 0 saturated carbocycles. The highest BCUT2D eigenvalue weighted by Gasteiger charge is 2.36. The Morgan fingerprint density at radius 3 is 2.40 bits per heavy atom. The Balaban J connectivity index is 2.88. The Bertz CT molecular complexity index is 495. The Hall–Kier alpha value is -1.86. The number of aliphatic hydroxyl groups is 1. The van der Waals surface area contributed by atoms with Crippen molar-refractivity contribution in [3.05, 3.63) is 41.5 Å². The van der Waals surface area contributed by atoms with Gasteiger partial charge in [-0.1, -0.05) is 24.3 Å². The molecule has 0 aliphatic carbocycles. The summed E-state index contributed by atoms with van der Waals surface area (Å²) in [7, 11) is 0. The molecule has 3 N–H and O–H groups in total. The standard InChI is InChI=1S/C13H14F3NO3/c1-2-20-12(19)9-5-3-8(4-6-9)10(17)7-11(18)13(14,15)16/h3-7,12,19H,2,17H2,1H3. The molecule has 0 heterocycles. The summed E-state index contributed by atoms with van der Waals surface area (Å²) in [6, 6.07) is 5.70. The molecule has 0 spiro atoms. The number of hydrogen-bond acceptors (Lipinski definition) is 4. The van der Waals surface area contributed by atoms with Crippen LogP contribution in [0.15, 0.2) is 30.3 Å². The smallest absolute Gasteiger partial charge is 0.398 e. The van der Waals surface area contributed by atoms with Crippen LogP contribution in [0.3, 0.4) is 0 Å². The summed E-state index contributed by atoms with van der Waals surface area (Å²) in [6.45, 7) is 2.02. The minimum atomic E-state index is -4.95. The molecule has 1 atom stereocenters. The number of halogens is 3. The number of ether oxygens (including phenoxy) is 1.